The monoisotopic (exact) mass is 967 g/mol. The minimum absolute atomic E-state index is 0.366. The fraction of sp³-hybridized carbons (Fsp3) is 0.0405. The summed E-state index contributed by atoms with van der Waals surface area (Å²) in [4.78, 5) is 5.55. The Morgan fingerprint density at radius 3 is 1.72 bits per heavy atom. The number of nitrogens with zero attached hydrogens (tertiary/aromatic N) is 1. The van der Waals surface area contributed by atoms with Crippen LogP contribution in [0.1, 0.15) is 57.0 Å². The van der Waals surface area contributed by atoms with E-state index in [2.05, 4.69) is 262 Å². The Morgan fingerprint density at radius 1 is 0.434 bits per heavy atom. The number of fused-ring (bicyclic) bond motifs is 16. The van der Waals surface area contributed by atoms with Crippen LogP contribution in [0.5, 0.6) is 0 Å². The van der Waals surface area contributed by atoms with Crippen molar-refractivity contribution in [2.45, 2.75) is 18.8 Å². The fourth-order valence-electron chi connectivity index (χ4n) is 13.0. The number of aliphatic imine (C=N–C) groups is 1. The summed E-state index contributed by atoms with van der Waals surface area (Å²) in [5, 5.41) is 2.06. The van der Waals surface area contributed by atoms with Crippen LogP contribution in [0.3, 0.4) is 0 Å². The number of hydrogen-bond acceptors (Lipinski definition) is 2. The summed E-state index contributed by atoms with van der Waals surface area (Å²) in [6.45, 7) is 6.89. The van der Waals surface area contributed by atoms with Gasteiger partial charge >= 0.3 is 0 Å². The van der Waals surface area contributed by atoms with Gasteiger partial charge in [0, 0.05) is 21.9 Å². The van der Waals surface area contributed by atoms with E-state index in [1.165, 1.54) is 89.0 Å². The maximum Gasteiger partial charge on any atom is 0.136 e. The first kappa shape index (κ1) is 43.9. The second-order valence-electron chi connectivity index (χ2n) is 20.6. The summed E-state index contributed by atoms with van der Waals surface area (Å²) in [6.07, 6.45) is 3.08. The number of allylic oxidation sites excluding steroid dienone is 2. The van der Waals surface area contributed by atoms with Crippen molar-refractivity contribution in [2.24, 2.45) is 4.99 Å². The third kappa shape index (κ3) is 6.70. The molecule has 0 unspecified atom stereocenters. The van der Waals surface area contributed by atoms with Gasteiger partial charge in [0.25, 0.3) is 0 Å². The van der Waals surface area contributed by atoms with Gasteiger partial charge in [-0.2, -0.15) is 0 Å². The third-order valence-electron chi connectivity index (χ3n) is 16.5. The standard InChI is InChI=1S/C74H49NO/c1-46(49-21-14-22-50(41-49)48-18-4-3-5-19-48)40-70(75-47(2)56-29-16-30-58-57-25-7-6-20-55(57)45-63(56)58)62-31-17-35-72-73(62)65-44-54(37-39-71(65)76-72)52-24-15-23-51(42-52)53-36-38-69-64(43-53)61-28-10-13-34-68(61)74(69)66-32-11-8-26-59(66)60-27-9-12-33-67(60)74/h3-44H,2,45H2,1H3/b46-40+,75-70?. The highest BCUT2D eigenvalue weighted by molar-refractivity contribution is 6.24. The lowest BCUT2D eigenvalue weighted by molar-refractivity contribution is 0.669. The summed E-state index contributed by atoms with van der Waals surface area (Å²) < 4.78 is 6.72. The zero-order valence-electron chi connectivity index (χ0n) is 42.0. The maximum absolute atomic E-state index is 6.72. The molecule has 1 aromatic heterocycles. The Balaban J connectivity index is 0.845. The van der Waals surface area contributed by atoms with Crippen molar-refractivity contribution >= 4 is 38.9 Å². The molecule has 15 rings (SSSR count). The number of rotatable bonds is 8. The normalized spacial score (nSPS) is 13.6. The van der Waals surface area contributed by atoms with Gasteiger partial charge in [-0.1, -0.05) is 219 Å². The first-order chi connectivity index (χ1) is 37.5. The molecule has 0 saturated heterocycles. The van der Waals surface area contributed by atoms with E-state index in [-0.39, 0.29) is 5.41 Å². The van der Waals surface area contributed by atoms with Crippen LogP contribution >= 0.6 is 0 Å². The first-order valence-corrected chi connectivity index (χ1v) is 26.3. The van der Waals surface area contributed by atoms with Crippen LogP contribution in [0.4, 0.5) is 0 Å². The Morgan fingerprint density at radius 2 is 0.974 bits per heavy atom. The van der Waals surface area contributed by atoms with Gasteiger partial charge in [-0.15, -0.1) is 0 Å². The molecule has 0 bridgehead atoms. The lowest BCUT2D eigenvalue weighted by Crippen LogP contribution is -2.25. The van der Waals surface area contributed by atoms with Gasteiger partial charge in [-0.25, -0.2) is 4.99 Å². The highest BCUT2D eigenvalue weighted by Gasteiger charge is 2.51. The molecule has 356 valence electrons. The van der Waals surface area contributed by atoms with Crippen LogP contribution < -0.4 is 0 Å². The molecule has 12 aromatic rings. The molecular formula is C74H49NO. The van der Waals surface area contributed by atoms with Crippen molar-refractivity contribution in [1.29, 1.82) is 0 Å². The van der Waals surface area contributed by atoms with Crippen LogP contribution in [0.2, 0.25) is 0 Å². The van der Waals surface area contributed by atoms with E-state index >= 15 is 0 Å². The molecular weight excluding hydrogens is 919 g/mol. The Bertz CT molecular complexity index is 4420. The average molecular weight is 968 g/mol. The predicted octanol–water partition coefficient (Wildman–Crippen LogP) is 19.1. The van der Waals surface area contributed by atoms with E-state index in [1.807, 2.05) is 0 Å². The Kier molecular flexibility index (Phi) is 9.96. The predicted molar refractivity (Wildman–Crippen MR) is 317 cm³/mol. The van der Waals surface area contributed by atoms with Gasteiger partial charge in [0.2, 0.25) is 0 Å². The van der Waals surface area contributed by atoms with E-state index in [9.17, 15) is 0 Å². The summed E-state index contributed by atoms with van der Waals surface area (Å²) in [7, 11) is 0. The summed E-state index contributed by atoms with van der Waals surface area (Å²) in [5.74, 6) is 0. The van der Waals surface area contributed by atoms with E-state index in [0.717, 1.165) is 73.2 Å². The molecule has 2 heteroatoms. The van der Waals surface area contributed by atoms with Crippen molar-refractivity contribution in [3.63, 3.8) is 0 Å². The topological polar surface area (TPSA) is 25.5 Å². The quantitative estimate of drug-likeness (QED) is 0.139. The lowest BCUT2D eigenvalue weighted by Gasteiger charge is -2.30. The number of benzene rings is 11. The molecule has 11 aromatic carbocycles. The van der Waals surface area contributed by atoms with Crippen LogP contribution in [0, 0.1) is 0 Å². The van der Waals surface area contributed by atoms with Gasteiger partial charge in [0.15, 0.2) is 0 Å². The fourth-order valence-corrected chi connectivity index (χ4v) is 13.0. The Hall–Kier alpha value is -9.63. The molecule has 76 heavy (non-hydrogen) atoms. The molecule has 0 amide bonds. The molecule has 0 saturated carbocycles. The summed E-state index contributed by atoms with van der Waals surface area (Å²) in [6, 6.07) is 90.7. The molecule has 0 atom stereocenters. The van der Waals surface area contributed by atoms with Gasteiger partial charge in [0.1, 0.15) is 11.2 Å². The van der Waals surface area contributed by atoms with Crippen LogP contribution in [-0.4, -0.2) is 5.71 Å². The maximum atomic E-state index is 6.72. The third-order valence-corrected chi connectivity index (χ3v) is 16.5. The zero-order valence-corrected chi connectivity index (χ0v) is 42.0. The minimum atomic E-state index is -0.366. The molecule has 0 fully saturated rings. The van der Waals surface area contributed by atoms with Gasteiger partial charge in [-0.3, -0.25) is 0 Å². The molecule has 3 aliphatic rings. The molecule has 2 nitrogen and oxygen atoms in total. The van der Waals surface area contributed by atoms with Gasteiger partial charge < -0.3 is 4.42 Å². The van der Waals surface area contributed by atoms with Crippen molar-refractivity contribution < 1.29 is 4.42 Å². The van der Waals surface area contributed by atoms with Crippen LogP contribution in [0.25, 0.3) is 100.0 Å². The molecule has 0 aliphatic heterocycles. The average Bonchev–Trinajstić information content (AvgIpc) is 4.36. The van der Waals surface area contributed by atoms with E-state index in [0.29, 0.717) is 0 Å². The van der Waals surface area contributed by atoms with Crippen molar-refractivity contribution in [3.05, 3.63) is 311 Å². The Labute approximate surface area is 443 Å². The number of hydrogen-bond donors (Lipinski definition) is 0. The van der Waals surface area contributed by atoms with Crippen LogP contribution in [0.15, 0.2) is 271 Å². The summed E-state index contributed by atoms with van der Waals surface area (Å²) in [5.41, 5.74) is 29.9. The second kappa shape index (κ2) is 17.2. The van der Waals surface area contributed by atoms with E-state index in [4.69, 9.17) is 16.0 Å². The SMILES string of the molecule is C=C(N=C(/C=C(\C)c1cccc(-c2ccccc2)c1)c1cccc2oc3ccc(-c4cccc(-c5ccc6c(c5)-c5ccccc5C65c6ccccc6-c6ccccc65)c4)cc3c12)c1cccc2c1Cc1ccccc1-2. The zero-order chi connectivity index (χ0) is 50.5. The molecule has 0 radical (unpaired) electrons. The first-order valence-electron chi connectivity index (χ1n) is 26.3. The second-order valence-corrected chi connectivity index (χ2v) is 20.6. The van der Waals surface area contributed by atoms with Gasteiger partial charge in [-0.05, 0) is 167 Å². The minimum Gasteiger partial charge on any atom is -0.456 e. The van der Waals surface area contributed by atoms with Gasteiger partial charge in [0.05, 0.1) is 16.8 Å². The smallest absolute Gasteiger partial charge is 0.136 e. The molecule has 1 spiro atoms. The van der Waals surface area contributed by atoms with Crippen molar-refractivity contribution in [1.82, 2.24) is 0 Å². The molecule has 3 aliphatic carbocycles. The highest BCUT2D eigenvalue weighted by Crippen LogP contribution is 2.63. The van der Waals surface area contributed by atoms with Crippen molar-refractivity contribution in [3.8, 4) is 66.8 Å². The molecule has 1 heterocycles. The van der Waals surface area contributed by atoms with Crippen molar-refractivity contribution in [2.75, 3.05) is 0 Å². The number of furan rings is 1. The van der Waals surface area contributed by atoms with E-state index < -0.39 is 0 Å². The van der Waals surface area contributed by atoms with Crippen LogP contribution in [-0.2, 0) is 11.8 Å². The lowest BCUT2D eigenvalue weighted by atomic mass is 9.70. The molecule has 0 N–H and O–H groups in total. The van der Waals surface area contributed by atoms with E-state index in [1.54, 1.807) is 0 Å². The highest BCUT2D eigenvalue weighted by atomic mass is 16.3. The largest absolute Gasteiger partial charge is 0.456 e. The summed E-state index contributed by atoms with van der Waals surface area (Å²) >= 11 is 0.